The number of hydrogen-bond donors (Lipinski definition) is 1. The third-order valence-corrected chi connectivity index (χ3v) is 7.14. The van der Waals surface area contributed by atoms with Crippen LogP contribution in [0.15, 0.2) is 83.8 Å². The molecule has 168 valence electrons. The van der Waals surface area contributed by atoms with E-state index < -0.39 is 10.0 Å². The van der Waals surface area contributed by atoms with E-state index in [1.807, 2.05) is 30.3 Å². The van der Waals surface area contributed by atoms with E-state index in [9.17, 15) is 13.2 Å². The van der Waals surface area contributed by atoms with Crippen LogP contribution >= 0.6 is 0 Å². The lowest BCUT2D eigenvalue weighted by Gasteiger charge is -2.19. The van der Waals surface area contributed by atoms with Gasteiger partial charge in [0.25, 0.3) is 15.9 Å². The number of benzene rings is 3. The van der Waals surface area contributed by atoms with Crippen LogP contribution in [0.25, 0.3) is 0 Å². The van der Waals surface area contributed by atoms with E-state index in [4.69, 9.17) is 4.74 Å². The van der Waals surface area contributed by atoms with Crippen LogP contribution in [0.1, 0.15) is 31.7 Å². The Labute approximate surface area is 189 Å². The molecule has 1 N–H and O–H groups in total. The normalized spacial score (nSPS) is 12.1. The molecule has 0 spiro atoms. The first kappa shape index (κ1) is 23.3. The molecule has 0 aromatic heterocycles. The largest absolute Gasteiger partial charge is 0.483 e. The molecule has 0 saturated carbocycles. The summed E-state index contributed by atoms with van der Waals surface area (Å²) in [5, 5.41) is 2.74. The molecule has 0 heterocycles. The van der Waals surface area contributed by atoms with Crippen molar-refractivity contribution in [2.75, 3.05) is 23.3 Å². The first-order valence-electron chi connectivity index (χ1n) is 10.5. The van der Waals surface area contributed by atoms with Gasteiger partial charge in [-0.25, -0.2) is 8.42 Å². The predicted molar refractivity (Wildman–Crippen MR) is 128 cm³/mol. The van der Waals surface area contributed by atoms with Gasteiger partial charge in [-0.1, -0.05) is 50.2 Å². The Morgan fingerprint density at radius 3 is 2.25 bits per heavy atom. The van der Waals surface area contributed by atoms with Crippen molar-refractivity contribution >= 4 is 27.3 Å². The van der Waals surface area contributed by atoms with E-state index in [1.54, 1.807) is 36.4 Å². The second-order valence-electron chi connectivity index (χ2n) is 7.52. The van der Waals surface area contributed by atoms with E-state index in [0.29, 0.717) is 23.0 Å². The number of carbonyl (C=O) groups excluding carboxylic acids is 1. The van der Waals surface area contributed by atoms with Gasteiger partial charge in [0.1, 0.15) is 5.75 Å². The van der Waals surface area contributed by atoms with Crippen LogP contribution in [0, 0.1) is 0 Å². The molecule has 7 heteroatoms. The highest BCUT2D eigenvalue weighted by molar-refractivity contribution is 7.92. The molecule has 0 saturated heterocycles. The Morgan fingerprint density at radius 2 is 1.59 bits per heavy atom. The molecule has 3 aromatic carbocycles. The summed E-state index contributed by atoms with van der Waals surface area (Å²) in [6.07, 6.45) is 0.973. The highest BCUT2D eigenvalue weighted by atomic mass is 32.2. The number of rotatable bonds is 9. The van der Waals surface area contributed by atoms with Crippen molar-refractivity contribution in [2.45, 2.75) is 31.1 Å². The van der Waals surface area contributed by atoms with Gasteiger partial charge in [-0.15, -0.1) is 0 Å². The van der Waals surface area contributed by atoms with Crippen LogP contribution in [-0.2, 0) is 14.8 Å². The fourth-order valence-electron chi connectivity index (χ4n) is 3.22. The molecule has 3 aromatic rings. The Morgan fingerprint density at radius 1 is 0.969 bits per heavy atom. The molecule has 0 radical (unpaired) electrons. The number of para-hydroxylation sites is 2. The van der Waals surface area contributed by atoms with E-state index in [-0.39, 0.29) is 17.4 Å². The van der Waals surface area contributed by atoms with Crippen LogP contribution in [0.3, 0.4) is 0 Å². The molecule has 32 heavy (non-hydrogen) atoms. The fourth-order valence-corrected chi connectivity index (χ4v) is 4.42. The standard InChI is InChI=1S/C25H28N2O4S/c1-4-19(2)23-12-8-9-13-24(23)31-18-25(28)26-20-14-16-22(17-15-20)32(29,30)27(3)21-10-6-5-7-11-21/h5-17,19H,4,18H2,1-3H3,(H,26,28)/t19-/m0/s1. The molecule has 0 unspecified atom stereocenters. The monoisotopic (exact) mass is 452 g/mol. The minimum absolute atomic E-state index is 0.135. The number of ether oxygens (including phenoxy) is 1. The molecule has 0 fully saturated rings. The van der Waals surface area contributed by atoms with E-state index in [2.05, 4.69) is 19.2 Å². The number of anilines is 2. The number of carbonyl (C=O) groups is 1. The van der Waals surface area contributed by atoms with Gasteiger partial charge in [0.15, 0.2) is 6.61 Å². The molecule has 1 atom stereocenters. The maximum atomic E-state index is 12.9. The molecule has 0 aliphatic rings. The van der Waals surface area contributed by atoms with Crippen molar-refractivity contribution < 1.29 is 17.9 Å². The summed E-state index contributed by atoms with van der Waals surface area (Å²) in [6.45, 7) is 4.09. The summed E-state index contributed by atoms with van der Waals surface area (Å²) in [5.41, 5.74) is 2.13. The van der Waals surface area contributed by atoms with Gasteiger partial charge in [-0.2, -0.15) is 0 Å². The summed E-state index contributed by atoms with van der Waals surface area (Å²) in [7, 11) is -2.19. The van der Waals surface area contributed by atoms with Crippen molar-refractivity contribution in [2.24, 2.45) is 0 Å². The number of nitrogens with one attached hydrogen (secondary N) is 1. The predicted octanol–water partition coefficient (Wildman–Crippen LogP) is 5.04. The number of hydrogen-bond acceptors (Lipinski definition) is 4. The highest BCUT2D eigenvalue weighted by Gasteiger charge is 2.21. The molecule has 0 aliphatic carbocycles. The fraction of sp³-hybridized carbons (Fsp3) is 0.240. The number of nitrogens with zero attached hydrogens (tertiary/aromatic N) is 1. The third-order valence-electron chi connectivity index (χ3n) is 5.34. The van der Waals surface area contributed by atoms with Gasteiger partial charge < -0.3 is 10.1 Å². The van der Waals surface area contributed by atoms with Crippen LogP contribution in [0.4, 0.5) is 11.4 Å². The molecule has 0 bridgehead atoms. The van der Waals surface area contributed by atoms with Gasteiger partial charge in [0.05, 0.1) is 10.6 Å². The third kappa shape index (κ3) is 5.48. The summed E-state index contributed by atoms with van der Waals surface area (Å²) in [4.78, 5) is 12.5. The van der Waals surface area contributed by atoms with Crippen molar-refractivity contribution in [1.29, 1.82) is 0 Å². The summed E-state index contributed by atoms with van der Waals surface area (Å²) in [6, 6.07) is 22.6. The van der Waals surface area contributed by atoms with Crippen LogP contribution in [0.2, 0.25) is 0 Å². The van der Waals surface area contributed by atoms with Gasteiger partial charge in [-0.05, 0) is 60.4 Å². The zero-order valence-electron chi connectivity index (χ0n) is 18.5. The van der Waals surface area contributed by atoms with E-state index >= 15 is 0 Å². The molecule has 1 amide bonds. The quantitative estimate of drug-likeness (QED) is 0.493. The Kier molecular flexibility index (Phi) is 7.53. The van der Waals surface area contributed by atoms with Crippen LogP contribution < -0.4 is 14.4 Å². The lowest BCUT2D eigenvalue weighted by Crippen LogP contribution is -2.26. The average Bonchev–Trinajstić information content (AvgIpc) is 2.82. The highest BCUT2D eigenvalue weighted by Crippen LogP contribution is 2.28. The Bertz CT molecular complexity index is 1150. The topological polar surface area (TPSA) is 75.7 Å². The first-order valence-corrected chi connectivity index (χ1v) is 11.9. The minimum Gasteiger partial charge on any atom is -0.483 e. The van der Waals surface area contributed by atoms with Gasteiger partial charge >= 0.3 is 0 Å². The average molecular weight is 453 g/mol. The summed E-state index contributed by atoms with van der Waals surface area (Å²) in [5.74, 6) is 0.709. The maximum absolute atomic E-state index is 12.9. The Balaban J connectivity index is 1.63. The molecule has 3 rings (SSSR count). The van der Waals surface area contributed by atoms with E-state index in [0.717, 1.165) is 12.0 Å². The first-order chi connectivity index (χ1) is 15.3. The maximum Gasteiger partial charge on any atom is 0.264 e. The van der Waals surface area contributed by atoms with Crippen LogP contribution in [-0.4, -0.2) is 28.0 Å². The van der Waals surface area contributed by atoms with Crippen molar-refractivity contribution in [3.63, 3.8) is 0 Å². The lowest BCUT2D eigenvalue weighted by molar-refractivity contribution is -0.118. The summed E-state index contributed by atoms with van der Waals surface area (Å²) >= 11 is 0. The lowest BCUT2D eigenvalue weighted by atomic mass is 9.98. The number of amides is 1. The minimum atomic E-state index is -3.70. The zero-order valence-corrected chi connectivity index (χ0v) is 19.3. The van der Waals surface area contributed by atoms with E-state index in [1.165, 1.54) is 23.5 Å². The molecule has 0 aliphatic heterocycles. The van der Waals surface area contributed by atoms with Crippen LogP contribution in [0.5, 0.6) is 5.75 Å². The number of sulfonamides is 1. The van der Waals surface area contributed by atoms with Crippen molar-refractivity contribution in [3.05, 3.63) is 84.4 Å². The second-order valence-corrected chi connectivity index (χ2v) is 9.49. The van der Waals surface area contributed by atoms with Gasteiger partial charge in [0, 0.05) is 12.7 Å². The molecular weight excluding hydrogens is 424 g/mol. The van der Waals surface area contributed by atoms with Gasteiger partial charge in [-0.3, -0.25) is 9.10 Å². The molecular formula is C25H28N2O4S. The molecule has 6 nitrogen and oxygen atoms in total. The van der Waals surface area contributed by atoms with Crippen molar-refractivity contribution in [1.82, 2.24) is 0 Å². The SMILES string of the molecule is CC[C@H](C)c1ccccc1OCC(=O)Nc1ccc(S(=O)(=O)N(C)c2ccccc2)cc1. The zero-order chi connectivity index (χ0) is 23.1. The Hall–Kier alpha value is -3.32. The van der Waals surface area contributed by atoms with Crippen molar-refractivity contribution in [3.8, 4) is 5.75 Å². The smallest absolute Gasteiger partial charge is 0.264 e. The second kappa shape index (κ2) is 10.3. The summed E-state index contributed by atoms with van der Waals surface area (Å²) < 4.78 is 32.7. The van der Waals surface area contributed by atoms with Gasteiger partial charge in [0.2, 0.25) is 0 Å².